The van der Waals surface area contributed by atoms with Crippen LogP contribution in [0.4, 0.5) is 5.69 Å². The predicted molar refractivity (Wildman–Crippen MR) is 68.5 cm³/mol. The zero-order valence-electron chi connectivity index (χ0n) is 10.9. The number of fused-ring (bicyclic) bond motifs is 1. The van der Waals surface area contributed by atoms with Crippen molar-refractivity contribution in [1.29, 1.82) is 0 Å². The molecular weight excluding hydrogens is 232 g/mol. The van der Waals surface area contributed by atoms with Crippen LogP contribution in [0.5, 0.6) is 0 Å². The molecule has 0 aliphatic rings. The van der Waals surface area contributed by atoms with E-state index in [2.05, 4.69) is 4.98 Å². The van der Waals surface area contributed by atoms with Crippen LogP contribution in [-0.2, 0) is 4.79 Å². The van der Waals surface area contributed by atoms with E-state index in [-0.39, 0.29) is 5.91 Å². The first-order valence-corrected chi connectivity index (χ1v) is 5.67. The monoisotopic (exact) mass is 248 g/mol. The average molecular weight is 248 g/mol. The van der Waals surface area contributed by atoms with Crippen LogP contribution >= 0.6 is 0 Å². The fraction of sp³-hybridized carbons (Fsp3) is 0.385. The lowest BCUT2D eigenvalue weighted by Crippen LogP contribution is -2.43. The van der Waals surface area contributed by atoms with E-state index in [4.69, 9.17) is 4.42 Å². The highest BCUT2D eigenvalue weighted by Gasteiger charge is 2.28. The summed E-state index contributed by atoms with van der Waals surface area (Å²) in [6, 6.07) is 5.29. The Labute approximate surface area is 105 Å². The Morgan fingerprint density at radius 3 is 2.72 bits per heavy atom. The minimum absolute atomic E-state index is 0.377. The van der Waals surface area contributed by atoms with Crippen LogP contribution < -0.4 is 4.90 Å². The van der Waals surface area contributed by atoms with Crippen LogP contribution in [0.25, 0.3) is 11.1 Å². The van der Waals surface area contributed by atoms with E-state index in [0.29, 0.717) is 17.2 Å². The molecule has 18 heavy (non-hydrogen) atoms. The molecule has 0 unspecified atom stereocenters. The van der Waals surface area contributed by atoms with Gasteiger partial charge in [-0.25, -0.2) is 4.98 Å². The number of benzene rings is 1. The lowest BCUT2D eigenvalue weighted by Gasteiger charge is -2.24. The van der Waals surface area contributed by atoms with Crippen LogP contribution in [0, 0.1) is 6.92 Å². The fourth-order valence-electron chi connectivity index (χ4n) is 1.76. The summed E-state index contributed by atoms with van der Waals surface area (Å²) >= 11 is 0. The topological polar surface area (TPSA) is 66.6 Å². The number of carbonyl (C=O) groups is 1. The van der Waals surface area contributed by atoms with Crippen molar-refractivity contribution < 1.29 is 14.3 Å². The Hall–Kier alpha value is -1.88. The van der Waals surface area contributed by atoms with Gasteiger partial charge >= 0.3 is 0 Å². The Balaban J connectivity index is 2.39. The van der Waals surface area contributed by atoms with Gasteiger partial charge < -0.3 is 14.4 Å². The molecule has 0 saturated carbocycles. The van der Waals surface area contributed by atoms with Gasteiger partial charge in [0.2, 0.25) is 0 Å². The first-order chi connectivity index (χ1) is 8.29. The highest BCUT2D eigenvalue weighted by atomic mass is 16.3. The second kappa shape index (κ2) is 4.10. The van der Waals surface area contributed by atoms with E-state index in [1.54, 1.807) is 32.2 Å². The Morgan fingerprint density at radius 2 is 2.11 bits per heavy atom. The number of rotatable bonds is 2. The maximum atomic E-state index is 11.9. The van der Waals surface area contributed by atoms with E-state index in [0.717, 1.165) is 5.52 Å². The standard InChI is InChI=1S/C13H16N2O3/c1-8-14-10-6-5-9(7-11(10)18-8)15(4)12(16)13(2,3)17/h5-7,17H,1-4H3. The predicted octanol–water partition coefficient (Wildman–Crippen LogP) is 1.87. The maximum Gasteiger partial charge on any atom is 0.258 e. The van der Waals surface area contributed by atoms with Gasteiger partial charge in [0.25, 0.3) is 5.91 Å². The number of amides is 1. The number of hydrogen-bond donors (Lipinski definition) is 1. The molecule has 96 valence electrons. The molecule has 2 aromatic rings. The van der Waals surface area contributed by atoms with Crippen molar-refractivity contribution in [1.82, 2.24) is 4.98 Å². The van der Waals surface area contributed by atoms with Gasteiger partial charge in [-0.2, -0.15) is 0 Å². The average Bonchev–Trinajstić information content (AvgIpc) is 2.64. The SMILES string of the molecule is Cc1nc2ccc(N(C)C(=O)C(C)(C)O)cc2o1. The molecule has 5 nitrogen and oxygen atoms in total. The smallest absolute Gasteiger partial charge is 0.258 e. The minimum atomic E-state index is -1.40. The maximum absolute atomic E-state index is 11.9. The van der Waals surface area contributed by atoms with Crippen molar-refractivity contribution >= 4 is 22.7 Å². The van der Waals surface area contributed by atoms with Crippen LogP contribution in [0.15, 0.2) is 22.6 Å². The molecule has 2 rings (SSSR count). The molecule has 1 heterocycles. The van der Waals surface area contributed by atoms with E-state index in [1.165, 1.54) is 18.7 Å². The molecule has 1 N–H and O–H groups in total. The van der Waals surface area contributed by atoms with Crippen LogP contribution in [0.3, 0.4) is 0 Å². The van der Waals surface area contributed by atoms with Crippen molar-refractivity contribution in [2.24, 2.45) is 0 Å². The second-order valence-electron chi connectivity index (χ2n) is 4.81. The number of likely N-dealkylation sites (N-methyl/N-ethyl adjacent to an activating group) is 1. The molecule has 5 heteroatoms. The Kier molecular flexibility index (Phi) is 2.86. The number of nitrogens with zero attached hydrogens (tertiary/aromatic N) is 2. The normalized spacial score (nSPS) is 11.8. The highest BCUT2D eigenvalue weighted by Crippen LogP contribution is 2.23. The third-order valence-electron chi connectivity index (χ3n) is 2.69. The summed E-state index contributed by atoms with van der Waals surface area (Å²) in [6.45, 7) is 4.69. The van der Waals surface area contributed by atoms with Gasteiger partial charge in [0.1, 0.15) is 11.1 Å². The number of hydrogen-bond acceptors (Lipinski definition) is 4. The number of carbonyl (C=O) groups excluding carboxylic acids is 1. The van der Waals surface area contributed by atoms with E-state index in [1.807, 2.05) is 0 Å². The zero-order valence-corrected chi connectivity index (χ0v) is 10.9. The molecule has 0 saturated heterocycles. The quantitative estimate of drug-likeness (QED) is 0.881. The number of oxazole rings is 1. The first-order valence-electron chi connectivity index (χ1n) is 5.67. The second-order valence-corrected chi connectivity index (χ2v) is 4.81. The van der Waals surface area contributed by atoms with Crippen LogP contribution in [0.2, 0.25) is 0 Å². The zero-order chi connectivity index (χ0) is 13.5. The molecule has 0 fully saturated rings. The van der Waals surface area contributed by atoms with Gasteiger partial charge in [-0.05, 0) is 26.0 Å². The van der Waals surface area contributed by atoms with E-state index >= 15 is 0 Å². The summed E-state index contributed by atoms with van der Waals surface area (Å²) in [4.78, 5) is 17.5. The Bertz CT molecular complexity index is 596. The number of aromatic nitrogens is 1. The lowest BCUT2D eigenvalue weighted by molar-refractivity contribution is -0.133. The van der Waals surface area contributed by atoms with E-state index < -0.39 is 5.60 Å². The molecule has 0 aliphatic carbocycles. The van der Waals surface area contributed by atoms with Gasteiger partial charge in [0, 0.05) is 25.7 Å². The summed E-state index contributed by atoms with van der Waals surface area (Å²) in [5, 5.41) is 9.71. The summed E-state index contributed by atoms with van der Waals surface area (Å²) in [5.41, 5.74) is 0.632. The summed E-state index contributed by atoms with van der Waals surface area (Å²) in [6.07, 6.45) is 0. The molecule has 1 aromatic heterocycles. The molecule has 0 spiro atoms. The molecule has 0 radical (unpaired) electrons. The number of aryl methyl sites for hydroxylation is 1. The molecular formula is C13H16N2O3. The van der Waals surface area contributed by atoms with Crippen molar-refractivity contribution in [2.75, 3.05) is 11.9 Å². The van der Waals surface area contributed by atoms with Gasteiger partial charge in [-0.1, -0.05) is 0 Å². The third-order valence-corrected chi connectivity index (χ3v) is 2.69. The third kappa shape index (κ3) is 2.22. The van der Waals surface area contributed by atoms with Crippen molar-refractivity contribution in [3.05, 3.63) is 24.1 Å². The van der Waals surface area contributed by atoms with Crippen LogP contribution in [-0.4, -0.2) is 28.6 Å². The largest absolute Gasteiger partial charge is 0.441 e. The summed E-state index contributed by atoms with van der Waals surface area (Å²) < 4.78 is 5.41. The number of aliphatic hydroxyl groups is 1. The van der Waals surface area contributed by atoms with Gasteiger partial charge in [-0.3, -0.25) is 4.79 Å². The number of anilines is 1. The van der Waals surface area contributed by atoms with Crippen molar-refractivity contribution in [3.63, 3.8) is 0 Å². The summed E-state index contributed by atoms with van der Waals surface area (Å²) in [5.74, 6) is 0.205. The van der Waals surface area contributed by atoms with Crippen LogP contribution in [0.1, 0.15) is 19.7 Å². The van der Waals surface area contributed by atoms with E-state index in [9.17, 15) is 9.90 Å². The molecule has 0 atom stereocenters. The van der Waals surface area contributed by atoms with Gasteiger partial charge in [0.05, 0.1) is 0 Å². The first kappa shape index (κ1) is 12.6. The Morgan fingerprint density at radius 1 is 1.44 bits per heavy atom. The van der Waals surface area contributed by atoms with Crippen molar-refractivity contribution in [2.45, 2.75) is 26.4 Å². The highest BCUT2D eigenvalue weighted by molar-refractivity contribution is 5.99. The molecule has 0 bridgehead atoms. The van der Waals surface area contributed by atoms with Gasteiger partial charge in [0.15, 0.2) is 11.5 Å². The molecule has 1 aromatic carbocycles. The molecule has 0 aliphatic heterocycles. The lowest BCUT2D eigenvalue weighted by atomic mass is 10.1. The fourth-order valence-corrected chi connectivity index (χ4v) is 1.76. The minimum Gasteiger partial charge on any atom is -0.441 e. The molecule has 1 amide bonds. The summed E-state index contributed by atoms with van der Waals surface area (Å²) in [7, 11) is 1.62. The van der Waals surface area contributed by atoms with Gasteiger partial charge in [-0.15, -0.1) is 0 Å². The van der Waals surface area contributed by atoms with Crippen molar-refractivity contribution in [3.8, 4) is 0 Å².